The van der Waals surface area contributed by atoms with Gasteiger partial charge in [-0.25, -0.2) is 4.98 Å². The van der Waals surface area contributed by atoms with Gasteiger partial charge in [-0.2, -0.15) is 0 Å². The summed E-state index contributed by atoms with van der Waals surface area (Å²) in [5.41, 5.74) is 1.80. The minimum Gasteiger partial charge on any atom is -0.497 e. The molecule has 0 radical (unpaired) electrons. The number of aryl methyl sites for hydroxylation is 2. The molecule has 7 heteroatoms. The number of carbonyl (C=O) groups is 1. The van der Waals surface area contributed by atoms with Crippen molar-refractivity contribution in [1.82, 2.24) is 9.55 Å². The van der Waals surface area contributed by atoms with Gasteiger partial charge in [-0.3, -0.25) is 14.2 Å². The normalized spacial score (nSPS) is 11.0. The number of fused-ring (bicyclic) bond motifs is 1. The van der Waals surface area contributed by atoms with Gasteiger partial charge in [-0.1, -0.05) is 19.1 Å². The van der Waals surface area contributed by atoms with Crippen molar-refractivity contribution in [2.75, 3.05) is 14.2 Å². The lowest BCUT2D eigenvalue weighted by molar-refractivity contribution is -0.140. The second-order valence-electron chi connectivity index (χ2n) is 6.86. The summed E-state index contributed by atoms with van der Waals surface area (Å²) in [5, 5.41) is 0.638. The average molecular weight is 415 g/mol. The molecule has 29 heavy (non-hydrogen) atoms. The quantitative estimate of drug-likeness (QED) is 0.513. The van der Waals surface area contributed by atoms with E-state index in [-0.39, 0.29) is 17.9 Å². The van der Waals surface area contributed by atoms with Crippen molar-refractivity contribution in [2.24, 2.45) is 0 Å². The van der Waals surface area contributed by atoms with Crippen LogP contribution in [0.15, 0.2) is 29.1 Å². The number of thiophene rings is 1. The molecule has 0 aliphatic heterocycles. The fourth-order valence-electron chi connectivity index (χ4n) is 3.49. The molecular formula is C22H26N2O4S. The molecule has 2 aromatic heterocycles. The number of methoxy groups -OCH3 is 2. The van der Waals surface area contributed by atoms with Gasteiger partial charge >= 0.3 is 5.97 Å². The third-order valence-corrected chi connectivity index (χ3v) is 5.89. The first-order valence-electron chi connectivity index (χ1n) is 9.74. The first-order valence-corrected chi connectivity index (χ1v) is 10.6. The van der Waals surface area contributed by atoms with Gasteiger partial charge < -0.3 is 9.47 Å². The summed E-state index contributed by atoms with van der Waals surface area (Å²) in [6, 6.07) is 7.73. The molecule has 0 atom stereocenters. The standard InChI is InChI=1S/C22H26N2O4S/c1-5-8-17-23-21-20(22(26)24(17)12-7-11-18(25)28-4)19(14(2)29-21)15-9-6-10-16(13-15)27-3/h6,9-10,13H,5,7-8,11-12H2,1-4H3. The van der Waals surface area contributed by atoms with Crippen molar-refractivity contribution in [3.8, 4) is 16.9 Å². The van der Waals surface area contributed by atoms with Crippen LogP contribution >= 0.6 is 11.3 Å². The molecule has 0 aliphatic carbocycles. The minimum absolute atomic E-state index is 0.0505. The minimum atomic E-state index is -0.271. The van der Waals surface area contributed by atoms with Crippen molar-refractivity contribution < 1.29 is 14.3 Å². The maximum Gasteiger partial charge on any atom is 0.305 e. The topological polar surface area (TPSA) is 70.4 Å². The summed E-state index contributed by atoms with van der Waals surface area (Å²) in [6.07, 6.45) is 2.42. The van der Waals surface area contributed by atoms with Crippen LogP contribution in [0.5, 0.6) is 5.75 Å². The van der Waals surface area contributed by atoms with Gasteiger partial charge in [0.15, 0.2) is 0 Å². The highest BCUT2D eigenvalue weighted by Crippen LogP contribution is 2.37. The van der Waals surface area contributed by atoms with Crippen molar-refractivity contribution in [3.05, 3.63) is 45.3 Å². The Bertz CT molecular complexity index is 1080. The van der Waals surface area contributed by atoms with Gasteiger partial charge in [-0.15, -0.1) is 11.3 Å². The van der Waals surface area contributed by atoms with Crippen LogP contribution in [0.25, 0.3) is 21.3 Å². The lowest BCUT2D eigenvalue weighted by Crippen LogP contribution is -2.25. The van der Waals surface area contributed by atoms with Crippen LogP contribution in [0.3, 0.4) is 0 Å². The Morgan fingerprint density at radius 1 is 1.28 bits per heavy atom. The van der Waals surface area contributed by atoms with E-state index in [1.165, 1.54) is 7.11 Å². The fourth-order valence-corrected chi connectivity index (χ4v) is 4.55. The maximum atomic E-state index is 13.5. The SMILES string of the molecule is CCCc1nc2sc(C)c(-c3cccc(OC)c3)c2c(=O)n1CCCC(=O)OC. The molecule has 2 heterocycles. The maximum absolute atomic E-state index is 13.5. The second-order valence-corrected chi connectivity index (χ2v) is 8.06. The number of aromatic nitrogens is 2. The highest BCUT2D eigenvalue weighted by molar-refractivity contribution is 7.19. The molecule has 0 N–H and O–H groups in total. The molecule has 0 unspecified atom stereocenters. The molecule has 6 nitrogen and oxygen atoms in total. The zero-order valence-corrected chi connectivity index (χ0v) is 18.1. The number of ether oxygens (including phenoxy) is 2. The van der Waals surface area contributed by atoms with Crippen LogP contribution in [0.4, 0.5) is 0 Å². The Morgan fingerprint density at radius 3 is 2.76 bits per heavy atom. The van der Waals surface area contributed by atoms with Crippen molar-refractivity contribution >= 4 is 27.5 Å². The van der Waals surface area contributed by atoms with Crippen LogP contribution < -0.4 is 10.3 Å². The van der Waals surface area contributed by atoms with Crippen molar-refractivity contribution in [2.45, 2.75) is 46.1 Å². The van der Waals surface area contributed by atoms with Crippen LogP contribution in [-0.2, 0) is 22.5 Å². The summed E-state index contributed by atoms with van der Waals surface area (Å²) < 4.78 is 11.8. The Morgan fingerprint density at radius 2 is 2.07 bits per heavy atom. The lowest BCUT2D eigenvalue weighted by Gasteiger charge is -2.12. The predicted octanol–water partition coefficient (Wildman–Crippen LogP) is 4.35. The lowest BCUT2D eigenvalue weighted by atomic mass is 10.0. The van der Waals surface area contributed by atoms with Crippen LogP contribution in [0, 0.1) is 6.92 Å². The van der Waals surface area contributed by atoms with Crippen LogP contribution in [0.1, 0.15) is 36.9 Å². The molecule has 0 saturated heterocycles. The number of esters is 1. The number of rotatable bonds is 8. The third-order valence-electron chi connectivity index (χ3n) is 4.89. The van der Waals surface area contributed by atoms with Crippen molar-refractivity contribution in [1.29, 1.82) is 0 Å². The molecule has 0 bridgehead atoms. The summed E-state index contributed by atoms with van der Waals surface area (Å²) in [7, 11) is 3.00. The monoisotopic (exact) mass is 414 g/mol. The molecule has 1 aromatic carbocycles. The first kappa shape index (κ1) is 21.0. The van der Waals surface area contributed by atoms with E-state index in [2.05, 4.69) is 6.92 Å². The Labute approximate surface area is 174 Å². The predicted molar refractivity (Wildman–Crippen MR) is 116 cm³/mol. The Hall–Kier alpha value is -2.67. The third kappa shape index (κ3) is 4.34. The van der Waals surface area contributed by atoms with E-state index in [9.17, 15) is 9.59 Å². The largest absolute Gasteiger partial charge is 0.497 e. The van der Waals surface area contributed by atoms with Crippen LogP contribution in [-0.4, -0.2) is 29.7 Å². The average Bonchev–Trinajstić information content (AvgIpc) is 3.06. The molecule has 0 spiro atoms. The van der Waals surface area contributed by atoms with E-state index >= 15 is 0 Å². The summed E-state index contributed by atoms with van der Waals surface area (Å²) >= 11 is 1.54. The smallest absolute Gasteiger partial charge is 0.305 e. The number of benzene rings is 1. The summed E-state index contributed by atoms with van der Waals surface area (Å²) in [6.45, 7) is 4.52. The summed E-state index contributed by atoms with van der Waals surface area (Å²) in [5.74, 6) is 1.25. The molecule has 0 amide bonds. The van der Waals surface area contributed by atoms with Gasteiger partial charge in [0.1, 0.15) is 16.4 Å². The van der Waals surface area contributed by atoms with Gasteiger partial charge in [-0.05, 0) is 37.5 Å². The number of hydrogen-bond donors (Lipinski definition) is 0. The van der Waals surface area contributed by atoms with Gasteiger partial charge in [0.2, 0.25) is 0 Å². The number of carbonyl (C=O) groups excluding carboxylic acids is 1. The molecule has 154 valence electrons. The Balaban J connectivity index is 2.14. The Kier molecular flexibility index (Phi) is 6.69. The number of nitrogens with zero attached hydrogens (tertiary/aromatic N) is 2. The van der Waals surface area contributed by atoms with Crippen LogP contribution in [0.2, 0.25) is 0 Å². The van der Waals surface area contributed by atoms with E-state index in [4.69, 9.17) is 14.5 Å². The van der Waals surface area contributed by atoms with Gasteiger partial charge in [0.25, 0.3) is 5.56 Å². The van der Waals surface area contributed by atoms with Crippen molar-refractivity contribution in [3.63, 3.8) is 0 Å². The second kappa shape index (κ2) is 9.22. The highest BCUT2D eigenvalue weighted by atomic mass is 32.1. The zero-order valence-electron chi connectivity index (χ0n) is 17.3. The zero-order chi connectivity index (χ0) is 21.0. The molecule has 0 fully saturated rings. The summed E-state index contributed by atoms with van der Waals surface area (Å²) in [4.78, 5) is 31.6. The first-order chi connectivity index (χ1) is 14.0. The van der Waals surface area contributed by atoms with Gasteiger partial charge in [0, 0.05) is 29.8 Å². The molecular weight excluding hydrogens is 388 g/mol. The number of hydrogen-bond acceptors (Lipinski definition) is 6. The van der Waals surface area contributed by atoms with Gasteiger partial charge in [0.05, 0.1) is 19.6 Å². The van der Waals surface area contributed by atoms with E-state index in [1.54, 1.807) is 23.0 Å². The van der Waals surface area contributed by atoms with E-state index in [0.717, 1.165) is 45.3 Å². The van der Waals surface area contributed by atoms with E-state index in [0.29, 0.717) is 18.4 Å². The highest BCUT2D eigenvalue weighted by Gasteiger charge is 2.20. The van der Waals surface area contributed by atoms with E-state index < -0.39 is 0 Å². The molecule has 0 aliphatic rings. The molecule has 0 saturated carbocycles. The fraction of sp³-hybridized carbons (Fsp3) is 0.409. The molecule has 3 rings (SSSR count). The molecule has 3 aromatic rings. The van der Waals surface area contributed by atoms with E-state index in [1.807, 2.05) is 31.2 Å².